The fourth-order valence-corrected chi connectivity index (χ4v) is 4.46. The lowest BCUT2D eigenvalue weighted by Crippen LogP contribution is -2.48. The zero-order valence-electron chi connectivity index (χ0n) is 17.5. The van der Waals surface area contributed by atoms with Crippen molar-refractivity contribution < 1.29 is 14.7 Å². The first kappa shape index (κ1) is 20.6. The summed E-state index contributed by atoms with van der Waals surface area (Å²) in [6.07, 6.45) is 2.60. The van der Waals surface area contributed by atoms with Crippen LogP contribution in [0, 0.1) is 24.2 Å². The molecule has 2 aliphatic heterocycles. The summed E-state index contributed by atoms with van der Waals surface area (Å²) in [6, 6.07) is 6.52. The minimum absolute atomic E-state index is 0.0828. The third-order valence-electron chi connectivity index (χ3n) is 5.97. The molecule has 1 amide bonds. The van der Waals surface area contributed by atoms with Gasteiger partial charge in [-0.2, -0.15) is 0 Å². The molecule has 0 saturated carbocycles. The predicted octanol–water partition coefficient (Wildman–Crippen LogP) is 3.72. The maximum absolute atomic E-state index is 12.8. The minimum atomic E-state index is -0.757. The molecule has 152 valence electrons. The Balaban J connectivity index is 1.83. The van der Waals surface area contributed by atoms with Crippen molar-refractivity contribution in [3.8, 4) is 0 Å². The molecule has 0 spiro atoms. The fourth-order valence-electron chi connectivity index (χ4n) is 4.46. The number of aliphatic carboxylic acids is 1. The van der Waals surface area contributed by atoms with Gasteiger partial charge < -0.3 is 10.0 Å². The number of benzene rings is 1. The molecule has 2 atom stereocenters. The number of aliphatic imine (C=N–C) groups is 1. The second kappa shape index (κ2) is 8.06. The van der Waals surface area contributed by atoms with Gasteiger partial charge in [-0.3, -0.25) is 14.6 Å². The molecular formula is C23H32N2O3. The third-order valence-corrected chi connectivity index (χ3v) is 5.97. The average molecular weight is 385 g/mol. The molecule has 1 N–H and O–H groups in total. The van der Waals surface area contributed by atoms with Crippen LogP contribution >= 0.6 is 0 Å². The van der Waals surface area contributed by atoms with Gasteiger partial charge in [-0.1, -0.05) is 38.5 Å². The summed E-state index contributed by atoms with van der Waals surface area (Å²) in [5, 5.41) is 9.38. The summed E-state index contributed by atoms with van der Waals surface area (Å²) in [5.41, 5.74) is 4.40. The fraction of sp³-hybridized carbons (Fsp3) is 0.609. The van der Waals surface area contributed by atoms with E-state index in [0.717, 1.165) is 31.5 Å². The van der Waals surface area contributed by atoms with Crippen molar-refractivity contribution in [3.63, 3.8) is 0 Å². The van der Waals surface area contributed by atoms with Gasteiger partial charge in [-0.15, -0.1) is 0 Å². The summed E-state index contributed by atoms with van der Waals surface area (Å²) in [5.74, 6) is -0.402. The lowest BCUT2D eigenvalue weighted by atomic mass is 9.77. The number of amides is 1. The van der Waals surface area contributed by atoms with Crippen LogP contribution in [0.15, 0.2) is 23.2 Å². The summed E-state index contributed by atoms with van der Waals surface area (Å²) >= 11 is 0. The van der Waals surface area contributed by atoms with Gasteiger partial charge >= 0.3 is 5.97 Å². The van der Waals surface area contributed by atoms with Gasteiger partial charge in [0.1, 0.15) is 0 Å². The Bertz CT molecular complexity index is 792. The van der Waals surface area contributed by atoms with E-state index in [9.17, 15) is 14.7 Å². The molecule has 2 heterocycles. The first-order chi connectivity index (χ1) is 13.1. The maximum Gasteiger partial charge on any atom is 0.303 e. The number of carbonyl (C=O) groups excluding carboxylic acids is 1. The van der Waals surface area contributed by atoms with E-state index in [1.807, 2.05) is 25.7 Å². The first-order valence-electron chi connectivity index (χ1n) is 10.3. The summed E-state index contributed by atoms with van der Waals surface area (Å²) < 4.78 is 0. The monoisotopic (exact) mass is 384 g/mol. The Labute approximate surface area is 167 Å². The second-order valence-corrected chi connectivity index (χ2v) is 9.35. The number of hydrogen-bond acceptors (Lipinski definition) is 3. The largest absolute Gasteiger partial charge is 0.481 e. The number of aryl methyl sites for hydroxylation is 1. The van der Waals surface area contributed by atoms with Crippen LogP contribution in [-0.2, 0) is 16.0 Å². The molecule has 1 saturated heterocycles. The molecule has 5 nitrogen and oxygen atoms in total. The van der Waals surface area contributed by atoms with Crippen LogP contribution in [0.3, 0.4) is 0 Å². The highest BCUT2D eigenvalue weighted by molar-refractivity contribution is 6.03. The van der Waals surface area contributed by atoms with Crippen LogP contribution in [0.2, 0.25) is 0 Å². The summed E-state index contributed by atoms with van der Waals surface area (Å²) in [4.78, 5) is 31.0. The van der Waals surface area contributed by atoms with Crippen molar-refractivity contribution in [1.29, 1.82) is 0 Å². The molecule has 0 unspecified atom stereocenters. The van der Waals surface area contributed by atoms with Gasteiger partial charge in [0.05, 0.1) is 0 Å². The van der Waals surface area contributed by atoms with Crippen molar-refractivity contribution in [3.05, 3.63) is 34.9 Å². The lowest BCUT2D eigenvalue weighted by molar-refractivity contribution is -0.143. The van der Waals surface area contributed by atoms with Gasteiger partial charge in [-0.25, -0.2) is 0 Å². The van der Waals surface area contributed by atoms with Crippen LogP contribution in [0.4, 0.5) is 0 Å². The van der Waals surface area contributed by atoms with Crippen molar-refractivity contribution in [1.82, 2.24) is 4.90 Å². The topological polar surface area (TPSA) is 70.0 Å². The Morgan fingerprint density at radius 2 is 2.00 bits per heavy atom. The number of carboxylic acids is 1. The standard InChI is InChI=1S/C23H32N2O3/c1-15-5-6-16-7-9-24-20(19(16)11-15)12-18-14-25(22(28)23(2,3)4)10-8-17(18)13-21(26)27/h5-6,11,17-18H,7-10,12-14H2,1-4H3,(H,26,27)/t17-,18-/m0/s1. The number of carboxylic acid groups (broad SMARTS) is 1. The lowest BCUT2D eigenvalue weighted by Gasteiger charge is -2.41. The SMILES string of the molecule is Cc1ccc2c(c1)C(C[C@H]1CN(C(=O)C(C)(C)C)CC[C@H]1CC(=O)O)=NCC2. The molecule has 28 heavy (non-hydrogen) atoms. The van der Waals surface area contributed by atoms with Gasteiger partial charge in [-0.05, 0) is 55.2 Å². The van der Waals surface area contributed by atoms with Crippen molar-refractivity contribution in [2.75, 3.05) is 19.6 Å². The zero-order chi connectivity index (χ0) is 20.5. The quantitative estimate of drug-likeness (QED) is 0.860. The maximum atomic E-state index is 12.8. The Kier molecular flexibility index (Phi) is 5.92. The number of piperidine rings is 1. The highest BCUT2D eigenvalue weighted by Gasteiger charge is 2.37. The van der Waals surface area contributed by atoms with E-state index < -0.39 is 11.4 Å². The molecule has 0 aliphatic carbocycles. The summed E-state index contributed by atoms with van der Waals surface area (Å²) in [7, 11) is 0. The molecule has 1 fully saturated rings. The number of hydrogen-bond donors (Lipinski definition) is 1. The smallest absolute Gasteiger partial charge is 0.303 e. The average Bonchev–Trinajstić information content (AvgIpc) is 2.62. The van der Waals surface area contributed by atoms with E-state index in [2.05, 4.69) is 25.1 Å². The van der Waals surface area contributed by atoms with Crippen molar-refractivity contribution >= 4 is 17.6 Å². The molecule has 0 aromatic heterocycles. The van der Waals surface area contributed by atoms with Crippen LogP contribution < -0.4 is 0 Å². The van der Waals surface area contributed by atoms with E-state index in [1.54, 1.807) is 0 Å². The first-order valence-corrected chi connectivity index (χ1v) is 10.3. The van der Waals surface area contributed by atoms with E-state index in [1.165, 1.54) is 16.7 Å². The zero-order valence-corrected chi connectivity index (χ0v) is 17.5. The normalized spacial score (nSPS) is 22.4. The Hall–Kier alpha value is -2.17. The molecule has 5 heteroatoms. The van der Waals surface area contributed by atoms with Gasteiger partial charge in [0.25, 0.3) is 0 Å². The second-order valence-electron chi connectivity index (χ2n) is 9.35. The van der Waals surface area contributed by atoms with Gasteiger partial charge in [0.2, 0.25) is 5.91 Å². The van der Waals surface area contributed by atoms with Crippen LogP contribution in [0.5, 0.6) is 0 Å². The molecule has 1 aromatic carbocycles. The van der Waals surface area contributed by atoms with Gasteiger partial charge in [0, 0.05) is 37.2 Å². The van der Waals surface area contributed by atoms with E-state index >= 15 is 0 Å². The highest BCUT2D eigenvalue weighted by Crippen LogP contribution is 2.33. The minimum Gasteiger partial charge on any atom is -0.481 e. The number of fused-ring (bicyclic) bond motifs is 1. The van der Waals surface area contributed by atoms with Crippen LogP contribution in [0.25, 0.3) is 0 Å². The molecule has 0 bridgehead atoms. The molecule has 1 aromatic rings. The number of rotatable bonds is 4. The van der Waals surface area contributed by atoms with Crippen LogP contribution in [-0.4, -0.2) is 47.2 Å². The van der Waals surface area contributed by atoms with Crippen molar-refractivity contribution in [2.45, 2.75) is 53.4 Å². The number of likely N-dealkylation sites (tertiary alicyclic amines) is 1. The van der Waals surface area contributed by atoms with E-state index in [-0.39, 0.29) is 24.2 Å². The Morgan fingerprint density at radius 3 is 2.68 bits per heavy atom. The molecule has 2 aliphatic rings. The van der Waals surface area contributed by atoms with E-state index in [4.69, 9.17) is 4.99 Å². The predicted molar refractivity (Wildman–Crippen MR) is 111 cm³/mol. The molecule has 0 radical (unpaired) electrons. The van der Waals surface area contributed by atoms with Crippen LogP contribution in [0.1, 0.15) is 56.7 Å². The number of carbonyl (C=O) groups is 2. The highest BCUT2D eigenvalue weighted by atomic mass is 16.4. The molecule has 3 rings (SSSR count). The van der Waals surface area contributed by atoms with Gasteiger partial charge in [0.15, 0.2) is 0 Å². The Morgan fingerprint density at radius 1 is 1.25 bits per heavy atom. The van der Waals surface area contributed by atoms with Crippen molar-refractivity contribution in [2.24, 2.45) is 22.2 Å². The van der Waals surface area contributed by atoms with E-state index in [0.29, 0.717) is 13.1 Å². The molecular weight excluding hydrogens is 352 g/mol. The summed E-state index contributed by atoms with van der Waals surface area (Å²) in [6.45, 7) is 9.96. The number of nitrogens with zero attached hydrogens (tertiary/aromatic N) is 2. The third kappa shape index (κ3) is 4.62.